The minimum atomic E-state index is -2.50. The molecule has 4 heteroatoms. The highest BCUT2D eigenvalue weighted by molar-refractivity contribution is 7.30. The SMILES string of the molecule is C=CC([n+]1ccccc1)P(=O)=O. The molecule has 0 bridgehead atoms. The summed E-state index contributed by atoms with van der Waals surface area (Å²) in [6.45, 7) is 3.45. The summed E-state index contributed by atoms with van der Waals surface area (Å²) in [6, 6.07) is 5.37. The van der Waals surface area contributed by atoms with Crippen LogP contribution in [0.3, 0.4) is 0 Å². The number of hydrogen-bond donors (Lipinski definition) is 0. The van der Waals surface area contributed by atoms with E-state index in [4.69, 9.17) is 0 Å². The molecule has 1 rings (SSSR count). The summed E-state index contributed by atoms with van der Waals surface area (Å²) in [5.74, 6) is -0.638. The molecule has 12 heavy (non-hydrogen) atoms. The van der Waals surface area contributed by atoms with Crippen molar-refractivity contribution in [3.8, 4) is 0 Å². The van der Waals surface area contributed by atoms with Crippen molar-refractivity contribution in [3.63, 3.8) is 0 Å². The maximum absolute atomic E-state index is 10.7. The molecule has 0 fully saturated rings. The van der Waals surface area contributed by atoms with Gasteiger partial charge in [-0.3, -0.25) is 0 Å². The molecule has 0 saturated carbocycles. The number of pyridine rings is 1. The molecule has 0 aliphatic heterocycles. The Morgan fingerprint density at radius 1 is 1.25 bits per heavy atom. The van der Waals surface area contributed by atoms with Crippen LogP contribution < -0.4 is 4.57 Å². The largest absolute Gasteiger partial charge is 0.390 e. The lowest BCUT2D eigenvalue weighted by atomic mass is 10.4. The summed E-state index contributed by atoms with van der Waals surface area (Å²) >= 11 is 0. The molecule has 3 nitrogen and oxygen atoms in total. The molecule has 0 radical (unpaired) electrons. The summed E-state index contributed by atoms with van der Waals surface area (Å²) < 4.78 is 22.9. The standard InChI is InChI=1S/C8H9NO2P/c1-2-8(12(10)11)9-6-4-3-5-7-9/h2-8H,1H2/q+1. The van der Waals surface area contributed by atoms with Gasteiger partial charge in [0.25, 0.3) is 5.78 Å². The minimum Gasteiger partial charge on any atom is -0.230 e. The van der Waals surface area contributed by atoms with Gasteiger partial charge in [-0.05, 0) is 6.08 Å². The molecule has 0 aromatic carbocycles. The lowest BCUT2D eigenvalue weighted by Crippen LogP contribution is -2.34. The van der Waals surface area contributed by atoms with Crippen LogP contribution in [0.1, 0.15) is 5.78 Å². The van der Waals surface area contributed by atoms with Gasteiger partial charge in [-0.2, -0.15) is 4.57 Å². The average Bonchev–Trinajstić information content (AvgIpc) is 2.07. The van der Waals surface area contributed by atoms with Crippen molar-refractivity contribution in [2.75, 3.05) is 0 Å². The third kappa shape index (κ3) is 1.89. The van der Waals surface area contributed by atoms with Crippen molar-refractivity contribution in [1.82, 2.24) is 0 Å². The number of allylic oxidation sites excluding steroid dienone is 1. The molecule has 1 aromatic rings. The fourth-order valence-electron chi connectivity index (χ4n) is 0.905. The molecule has 62 valence electrons. The van der Waals surface area contributed by atoms with Gasteiger partial charge in [-0.1, -0.05) is 12.6 Å². The number of rotatable bonds is 3. The summed E-state index contributed by atoms with van der Waals surface area (Å²) in [6.07, 6.45) is 4.78. The zero-order chi connectivity index (χ0) is 8.97. The van der Waals surface area contributed by atoms with Gasteiger partial charge in [0.1, 0.15) is 0 Å². The number of aromatic nitrogens is 1. The highest BCUT2D eigenvalue weighted by Crippen LogP contribution is 2.20. The van der Waals surface area contributed by atoms with Gasteiger partial charge in [0, 0.05) is 12.1 Å². The van der Waals surface area contributed by atoms with Crippen molar-refractivity contribution in [3.05, 3.63) is 43.2 Å². The Morgan fingerprint density at radius 3 is 2.25 bits per heavy atom. The van der Waals surface area contributed by atoms with E-state index in [0.717, 1.165) is 0 Å². The maximum atomic E-state index is 10.7. The van der Waals surface area contributed by atoms with Crippen LogP contribution >= 0.6 is 7.68 Å². The maximum Gasteiger partial charge on any atom is 0.390 e. The number of nitrogens with zero attached hydrogens (tertiary/aromatic N) is 1. The zero-order valence-electron chi connectivity index (χ0n) is 6.46. The zero-order valence-corrected chi connectivity index (χ0v) is 7.35. The first-order valence-electron chi connectivity index (χ1n) is 3.47. The van der Waals surface area contributed by atoms with E-state index in [1.54, 1.807) is 29.1 Å². The van der Waals surface area contributed by atoms with Crippen molar-refractivity contribution in [2.45, 2.75) is 5.78 Å². The summed E-state index contributed by atoms with van der Waals surface area (Å²) in [5.41, 5.74) is 0. The topological polar surface area (TPSA) is 38.0 Å². The van der Waals surface area contributed by atoms with Crippen LogP contribution in [-0.2, 0) is 9.13 Å². The van der Waals surface area contributed by atoms with E-state index in [1.165, 1.54) is 6.08 Å². The lowest BCUT2D eigenvalue weighted by molar-refractivity contribution is -0.691. The Balaban J connectivity index is 3.03. The number of hydrogen-bond acceptors (Lipinski definition) is 2. The molecule has 1 heterocycles. The Bertz CT molecular complexity index is 324. The second-order valence-corrected chi connectivity index (χ2v) is 3.36. The fourth-order valence-corrected chi connectivity index (χ4v) is 1.45. The van der Waals surface area contributed by atoms with E-state index in [1.807, 2.05) is 6.07 Å². The normalized spacial score (nSPS) is 12.0. The van der Waals surface area contributed by atoms with Crippen LogP contribution in [0, 0.1) is 0 Å². The molecule has 0 aliphatic carbocycles. The quantitative estimate of drug-likeness (QED) is 0.406. The highest BCUT2D eigenvalue weighted by Gasteiger charge is 2.18. The monoisotopic (exact) mass is 182 g/mol. The van der Waals surface area contributed by atoms with Gasteiger partial charge in [-0.15, -0.1) is 0 Å². The Labute approximate surface area is 71.2 Å². The summed E-state index contributed by atoms with van der Waals surface area (Å²) in [7, 11) is -2.50. The second kappa shape index (κ2) is 3.98. The fraction of sp³-hybridized carbons (Fsp3) is 0.125. The second-order valence-electron chi connectivity index (χ2n) is 2.26. The predicted molar refractivity (Wildman–Crippen MR) is 44.2 cm³/mol. The molecular formula is C8H9NO2P+. The van der Waals surface area contributed by atoms with E-state index in [2.05, 4.69) is 6.58 Å². The Morgan fingerprint density at radius 2 is 1.83 bits per heavy atom. The summed E-state index contributed by atoms with van der Waals surface area (Å²) in [4.78, 5) is 0. The van der Waals surface area contributed by atoms with Gasteiger partial charge in [0.2, 0.25) is 0 Å². The van der Waals surface area contributed by atoms with E-state index < -0.39 is 13.5 Å². The van der Waals surface area contributed by atoms with E-state index in [0.29, 0.717) is 0 Å². The van der Waals surface area contributed by atoms with Crippen LogP contribution in [0.2, 0.25) is 0 Å². The molecule has 0 amide bonds. The van der Waals surface area contributed by atoms with E-state index in [9.17, 15) is 9.13 Å². The first-order valence-corrected chi connectivity index (χ1v) is 4.72. The molecule has 1 aromatic heterocycles. The average molecular weight is 182 g/mol. The van der Waals surface area contributed by atoms with Gasteiger partial charge < -0.3 is 0 Å². The van der Waals surface area contributed by atoms with Crippen molar-refractivity contribution < 1.29 is 13.7 Å². The first kappa shape index (κ1) is 8.88. The summed E-state index contributed by atoms with van der Waals surface area (Å²) in [5, 5.41) is 0. The van der Waals surface area contributed by atoms with Crippen LogP contribution in [0.4, 0.5) is 0 Å². The smallest absolute Gasteiger partial charge is 0.230 e. The van der Waals surface area contributed by atoms with E-state index >= 15 is 0 Å². The Hall–Kier alpha value is -1.21. The Kier molecular flexibility index (Phi) is 2.94. The van der Waals surface area contributed by atoms with Crippen LogP contribution in [-0.4, -0.2) is 0 Å². The van der Waals surface area contributed by atoms with Gasteiger partial charge in [0.05, 0.1) is 0 Å². The van der Waals surface area contributed by atoms with Gasteiger partial charge in [0.15, 0.2) is 12.4 Å². The van der Waals surface area contributed by atoms with Gasteiger partial charge in [-0.25, -0.2) is 9.13 Å². The first-order chi connectivity index (χ1) is 5.75. The highest BCUT2D eigenvalue weighted by atomic mass is 31.1. The van der Waals surface area contributed by atoms with Crippen LogP contribution in [0.15, 0.2) is 43.2 Å². The molecule has 0 spiro atoms. The van der Waals surface area contributed by atoms with Gasteiger partial charge >= 0.3 is 7.68 Å². The lowest BCUT2D eigenvalue weighted by Gasteiger charge is -1.95. The predicted octanol–water partition coefficient (Wildman–Crippen LogP) is 1.83. The van der Waals surface area contributed by atoms with Crippen LogP contribution in [0.5, 0.6) is 0 Å². The molecule has 0 saturated heterocycles. The third-order valence-corrected chi connectivity index (χ3v) is 2.38. The van der Waals surface area contributed by atoms with E-state index in [-0.39, 0.29) is 0 Å². The van der Waals surface area contributed by atoms with Crippen LogP contribution in [0.25, 0.3) is 0 Å². The third-order valence-electron chi connectivity index (χ3n) is 1.47. The van der Waals surface area contributed by atoms with Crippen molar-refractivity contribution in [2.24, 2.45) is 0 Å². The molecule has 1 atom stereocenters. The van der Waals surface area contributed by atoms with Crippen molar-refractivity contribution in [1.29, 1.82) is 0 Å². The molecule has 0 aliphatic rings. The minimum absolute atomic E-state index is 0.638. The molecule has 0 N–H and O–H groups in total. The molecule has 1 unspecified atom stereocenters. The van der Waals surface area contributed by atoms with Crippen molar-refractivity contribution >= 4 is 7.68 Å². The molecular weight excluding hydrogens is 173 g/mol.